The molecule has 0 spiro atoms. The van der Waals surface area contributed by atoms with Crippen LogP contribution in [0.3, 0.4) is 0 Å². The van der Waals surface area contributed by atoms with Crippen LogP contribution in [0.2, 0.25) is 0 Å². The molecule has 5 heteroatoms. The number of carbonyl (C=O) groups excluding carboxylic acids is 1. The van der Waals surface area contributed by atoms with Crippen molar-refractivity contribution >= 4 is 11.8 Å². The number of carbonyl (C=O) groups is 2. The molecule has 0 aliphatic carbocycles. The van der Waals surface area contributed by atoms with Crippen molar-refractivity contribution in [2.45, 2.75) is 6.92 Å². The van der Waals surface area contributed by atoms with E-state index in [4.69, 9.17) is 9.84 Å². The van der Waals surface area contributed by atoms with E-state index in [0.717, 1.165) is 12.1 Å². The molecule has 0 fully saturated rings. The Morgan fingerprint density at radius 3 is 2.71 bits per heavy atom. The first-order chi connectivity index (χ1) is 8.04. The van der Waals surface area contributed by atoms with Crippen LogP contribution in [0, 0.1) is 5.82 Å². The first-order valence-electron chi connectivity index (χ1n) is 4.92. The minimum absolute atomic E-state index is 0.00403. The monoisotopic (exact) mass is 238 g/mol. The van der Waals surface area contributed by atoms with Crippen LogP contribution in [0.25, 0.3) is 0 Å². The molecule has 4 nitrogen and oxygen atoms in total. The molecule has 17 heavy (non-hydrogen) atoms. The Labute approximate surface area is 97.3 Å². The number of carboxylic acids is 1. The Morgan fingerprint density at radius 2 is 2.12 bits per heavy atom. The van der Waals surface area contributed by atoms with Crippen LogP contribution in [0.4, 0.5) is 4.39 Å². The third-order valence-electron chi connectivity index (χ3n) is 1.88. The SMILES string of the molecule is CCOc1ccc(F)cc1C(=O)/C=C/C(=O)O. The normalized spacial score (nSPS) is 10.5. The highest BCUT2D eigenvalue weighted by Crippen LogP contribution is 2.20. The molecule has 0 atom stereocenters. The first-order valence-corrected chi connectivity index (χ1v) is 4.92. The van der Waals surface area contributed by atoms with Gasteiger partial charge in [-0.05, 0) is 31.2 Å². The third-order valence-corrected chi connectivity index (χ3v) is 1.88. The molecule has 0 saturated heterocycles. The van der Waals surface area contributed by atoms with E-state index in [9.17, 15) is 14.0 Å². The molecule has 0 radical (unpaired) electrons. The molecule has 90 valence electrons. The maximum atomic E-state index is 13.0. The van der Waals surface area contributed by atoms with E-state index in [2.05, 4.69) is 0 Å². The van der Waals surface area contributed by atoms with Gasteiger partial charge in [-0.1, -0.05) is 0 Å². The molecule has 1 aromatic carbocycles. The van der Waals surface area contributed by atoms with E-state index >= 15 is 0 Å². The highest BCUT2D eigenvalue weighted by atomic mass is 19.1. The zero-order valence-electron chi connectivity index (χ0n) is 9.14. The van der Waals surface area contributed by atoms with Gasteiger partial charge < -0.3 is 9.84 Å². The first kappa shape index (κ1) is 12.9. The van der Waals surface area contributed by atoms with E-state index in [1.54, 1.807) is 6.92 Å². The largest absolute Gasteiger partial charge is 0.493 e. The number of hydrogen-bond acceptors (Lipinski definition) is 3. The summed E-state index contributed by atoms with van der Waals surface area (Å²) in [7, 11) is 0. The summed E-state index contributed by atoms with van der Waals surface area (Å²) in [6.45, 7) is 2.05. The second-order valence-electron chi connectivity index (χ2n) is 3.11. The van der Waals surface area contributed by atoms with E-state index in [1.165, 1.54) is 12.1 Å². The Morgan fingerprint density at radius 1 is 1.41 bits per heavy atom. The predicted octanol–water partition coefficient (Wildman–Crippen LogP) is 2.05. The van der Waals surface area contributed by atoms with Gasteiger partial charge in [0.05, 0.1) is 12.2 Å². The maximum absolute atomic E-state index is 13.0. The molecule has 0 saturated carbocycles. The quantitative estimate of drug-likeness (QED) is 0.629. The molecule has 0 amide bonds. The Kier molecular flexibility index (Phi) is 4.39. The fourth-order valence-corrected chi connectivity index (χ4v) is 1.21. The Balaban J connectivity index is 3.05. The second-order valence-corrected chi connectivity index (χ2v) is 3.11. The third kappa shape index (κ3) is 3.71. The van der Waals surface area contributed by atoms with Gasteiger partial charge in [-0.15, -0.1) is 0 Å². The topological polar surface area (TPSA) is 63.6 Å². The van der Waals surface area contributed by atoms with Crippen LogP contribution in [-0.2, 0) is 4.79 Å². The summed E-state index contributed by atoms with van der Waals surface area (Å²) in [5.74, 6) is -2.21. The zero-order chi connectivity index (χ0) is 12.8. The number of halogens is 1. The molecule has 0 unspecified atom stereocenters. The van der Waals surface area contributed by atoms with Crippen molar-refractivity contribution in [3.8, 4) is 5.75 Å². The highest BCUT2D eigenvalue weighted by molar-refractivity contribution is 6.08. The van der Waals surface area contributed by atoms with Gasteiger partial charge in [-0.25, -0.2) is 9.18 Å². The van der Waals surface area contributed by atoms with Crippen molar-refractivity contribution in [2.24, 2.45) is 0 Å². The summed E-state index contributed by atoms with van der Waals surface area (Å²) in [5.41, 5.74) is 0.00403. The van der Waals surface area contributed by atoms with Crippen molar-refractivity contribution in [1.82, 2.24) is 0 Å². The van der Waals surface area contributed by atoms with Crippen molar-refractivity contribution < 1.29 is 23.8 Å². The number of aliphatic carboxylic acids is 1. The van der Waals surface area contributed by atoms with Gasteiger partial charge in [0.25, 0.3) is 0 Å². The fraction of sp³-hybridized carbons (Fsp3) is 0.167. The number of rotatable bonds is 5. The molecule has 0 aliphatic heterocycles. The van der Waals surface area contributed by atoms with Gasteiger partial charge in [0.1, 0.15) is 11.6 Å². The van der Waals surface area contributed by atoms with Crippen LogP contribution in [0.5, 0.6) is 5.75 Å². The smallest absolute Gasteiger partial charge is 0.328 e. The summed E-state index contributed by atoms with van der Waals surface area (Å²) in [6, 6.07) is 3.52. The molecule has 1 N–H and O–H groups in total. The number of hydrogen-bond donors (Lipinski definition) is 1. The average Bonchev–Trinajstić information content (AvgIpc) is 2.28. The standard InChI is InChI=1S/C12H11FO4/c1-2-17-11-5-3-8(13)7-9(11)10(14)4-6-12(15)16/h3-7H,2H2,1H3,(H,15,16)/b6-4+. The van der Waals surface area contributed by atoms with Gasteiger partial charge in [0.2, 0.25) is 0 Å². The van der Waals surface area contributed by atoms with Crippen molar-refractivity contribution in [1.29, 1.82) is 0 Å². The zero-order valence-corrected chi connectivity index (χ0v) is 9.14. The van der Waals surface area contributed by atoms with Gasteiger partial charge >= 0.3 is 5.97 Å². The maximum Gasteiger partial charge on any atom is 0.328 e. The van der Waals surface area contributed by atoms with E-state index in [0.29, 0.717) is 12.7 Å². The fourth-order valence-electron chi connectivity index (χ4n) is 1.21. The number of ketones is 1. The van der Waals surface area contributed by atoms with Gasteiger partial charge in [0.15, 0.2) is 5.78 Å². The van der Waals surface area contributed by atoms with Crippen molar-refractivity contribution in [3.05, 3.63) is 41.7 Å². The number of benzene rings is 1. The molecule has 0 bridgehead atoms. The molecule has 0 aliphatic rings. The summed E-state index contributed by atoms with van der Waals surface area (Å²) < 4.78 is 18.1. The lowest BCUT2D eigenvalue weighted by molar-refractivity contribution is -0.131. The van der Waals surface area contributed by atoms with E-state index < -0.39 is 17.6 Å². The van der Waals surface area contributed by atoms with Gasteiger partial charge in [-0.3, -0.25) is 4.79 Å². The Bertz CT molecular complexity index is 466. The number of allylic oxidation sites excluding steroid dienone is 1. The number of ether oxygens (including phenoxy) is 1. The second kappa shape index (κ2) is 5.79. The minimum atomic E-state index is -1.24. The van der Waals surface area contributed by atoms with Crippen LogP contribution in [0.1, 0.15) is 17.3 Å². The van der Waals surface area contributed by atoms with Crippen LogP contribution >= 0.6 is 0 Å². The molecular formula is C12H11FO4. The molecule has 0 aromatic heterocycles. The molecule has 1 rings (SSSR count). The Hall–Kier alpha value is -2.17. The summed E-state index contributed by atoms with van der Waals surface area (Å²) in [5, 5.41) is 8.39. The summed E-state index contributed by atoms with van der Waals surface area (Å²) in [4.78, 5) is 21.9. The highest BCUT2D eigenvalue weighted by Gasteiger charge is 2.11. The van der Waals surface area contributed by atoms with Crippen molar-refractivity contribution in [3.63, 3.8) is 0 Å². The molecule has 0 heterocycles. The van der Waals surface area contributed by atoms with E-state index in [-0.39, 0.29) is 11.3 Å². The lowest BCUT2D eigenvalue weighted by Crippen LogP contribution is -2.03. The van der Waals surface area contributed by atoms with Crippen LogP contribution in [0.15, 0.2) is 30.4 Å². The molecular weight excluding hydrogens is 227 g/mol. The predicted molar refractivity (Wildman–Crippen MR) is 58.7 cm³/mol. The lowest BCUT2D eigenvalue weighted by atomic mass is 10.1. The summed E-state index contributed by atoms with van der Waals surface area (Å²) in [6.07, 6.45) is 1.56. The van der Waals surface area contributed by atoms with Crippen LogP contribution < -0.4 is 4.74 Å². The molecule has 1 aromatic rings. The number of carboxylic acid groups (broad SMARTS) is 1. The van der Waals surface area contributed by atoms with Crippen molar-refractivity contribution in [2.75, 3.05) is 6.61 Å². The lowest BCUT2D eigenvalue weighted by Gasteiger charge is -2.07. The van der Waals surface area contributed by atoms with Crippen LogP contribution in [-0.4, -0.2) is 23.5 Å². The summed E-state index contributed by atoms with van der Waals surface area (Å²) >= 11 is 0. The van der Waals surface area contributed by atoms with Gasteiger partial charge in [-0.2, -0.15) is 0 Å². The minimum Gasteiger partial charge on any atom is -0.493 e. The average molecular weight is 238 g/mol. The van der Waals surface area contributed by atoms with E-state index in [1.807, 2.05) is 0 Å². The van der Waals surface area contributed by atoms with Gasteiger partial charge in [0, 0.05) is 6.08 Å².